The van der Waals surface area contributed by atoms with Crippen LogP contribution in [0, 0.1) is 0 Å². The van der Waals surface area contributed by atoms with Gasteiger partial charge in [0.1, 0.15) is 7.85 Å². The molecule has 0 aromatic carbocycles. The molecule has 0 amide bonds. The molecule has 0 atom stereocenters. The predicted molar refractivity (Wildman–Crippen MR) is 46.8 cm³/mol. The van der Waals surface area contributed by atoms with Gasteiger partial charge < -0.3 is 5.11 Å². The lowest BCUT2D eigenvalue weighted by Gasteiger charge is -2.22. The summed E-state index contributed by atoms with van der Waals surface area (Å²) in [5.41, 5.74) is 0.834. The fourth-order valence-electron chi connectivity index (χ4n) is 0.816. The molecule has 1 aromatic rings. The fourth-order valence-corrected chi connectivity index (χ4v) is 0.816. The van der Waals surface area contributed by atoms with Gasteiger partial charge in [0.05, 0.1) is 12.1 Å². The predicted octanol–water partition coefficient (Wildman–Crippen LogP) is -1.13. The zero-order valence-corrected chi connectivity index (χ0v) is 7.20. The Balaban J connectivity index is 2.92. The Morgan fingerprint density at radius 2 is 2.36 bits per heavy atom. The minimum Gasteiger partial charge on any atom is -0.394 e. The van der Waals surface area contributed by atoms with Crippen molar-refractivity contribution in [2.75, 3.05) is 6.61 Å². The van der Waals surface area contributed by atoms with Crippen LogP contribution >= 0.6 is 0 Å². The van der Waals surface area contributed by atoms with Crippen molar-refractivity contribution >= 4 is 13.3 Å². The van der Waals surface area contributed by atoms with Crippen molar-refractivity contribution < 1.29 is 5.11 Å². The summed E-state index contributed by atoms with van der Waals surface area (Å²) >= 11 is 0. The Morgan fingerprint density at radius 1 is 1.73 bits per heavy atom. The molecule has 0 aliphatic carbocycles. The summed E-state index contributed by atoms with van der Waals surface area (Å²) in [4.78, 5) is 0. The molecule has 1 aromatic heterocycles. The van der Waals surface area contributed by atoms with E-state index in [0.29, 0.717) is 0 Å². The number of hydrogen-bond donors (Lipinski definition) is 1. The summed E-state index contributed by atoms with van der Waals surface area (Å²) in [6, 6.07) is 0. The highest BCUT2D eigenvalue weighted by molar-refractivity contribution is 6.31. The van der Waals surface area contributed by atoms with Crippen LogP contribution in [0.4, 0.5) is 0 Å². The van der Waals surface area contributed by atoms with Crippen LogP contribution in [0.5, 0.6) is 0 Å². The smallest absolute Gasteiger partial charge is 0.143 e. The highest BCUT2D eigenvalue weighted by atomic mass is 16.3. The maximum atomic E-state index is 9.00. The van der Waals surface area contributed by atoms with Gasteiger partial charge in [-0.15, -0.1) is 0 Å². The monoisotopic (exact) mass is 152 g/mol. The lowest BCUT2D eigenvalue weighted by atomic mass is 10.0. The third kappa shape index (κ3) is 1.63. The standard InChI is InChI=1S/C7H13BN2O/c1-7(2,5-11)10-4-6(8)3-9-10/h3-4,11H,5,8H2,1-2H3. The zero-order valence-electron chi connectivity index (χ0n) is 7.20. The summed E-state index contributed by atoms with van der Waals surface area (Å²) in [6.45, 7) is 3.99. The van der Waals surface area contributed by atoms with Gasteiger partial charge in [0, 0.05) is 12.4 Å². The first-order chi connectivity index (χ1) is 5.06. The van der Waals surface area contributed by atoms with Crippen molar-refractivity contribution in [1.82, 2.24) is 9.78 Å². The molecule has 3 nitrogen and oxygen atoms in total. The van der Waals surface area contributed by atoms with E-state index in [1.54, 1.807) is 10.9 Å². The van der Waals surface area contributed by atoms with E-state index >= 15 is 0 Å². The molecule has 0 unspecified atom stereocenters. The van der Waals surface area contributed by atoms with E-state index in [1.807, 2.05) is 27.9 Å². The Kier molecular flexibility index (Phi) is 2.04. The molecule has 1 heterocycles. The van der Waals surface area contributed by atoms with E-state index in [9.17, 15) is 0 Å². The van der Waals surface area contributed by atoms with E-state index < -0.39 is 0 Å². The molecule has 1 rings (SSSR count). The Bertz CT molecular complexity index is 244. The zero-order chi connectivity index (χ0) is 8.48. The van der Waals surface area contributed by atoms with Crippen molar-refractivity contribution in [2.45, 2.75) is 19.4 Å². The van der Waals surface area contributed by atoms with Crippen LogP contribution in [0.25, 0.3) is 0 Å². The minimum absolute atomic E-state index is 0.105. The Labute approximate surface area is 67.4 Å². The number of rotatable bonds is 2. The maximum absolute atomic E-state index is 9.00. The molecular weight excluding hydrogens is 139 g/mol. The first kappa shape index (κ1) is 8.33. The van der Waals surface area contributed by atoms with Gasteiger partial charge in [0.2, 0.25) is 0 Å². The van der Waals surface area contributed by atoms with E-state index in [0.717, 1.165) is 5.46 Å². The molecule has 4 heteroatoms. The second-order valence-corrected chi connectivity index (χ2v) is 3.43. The van der Waals surface area contributed by atoms with Crippen molar-refractivity contribution in [1.29, 1.82) is 0 Å². The number of hydrogen-bond acceptors (Lipinski definition) is 2. The summed E-state index contributed by atoms with van der Waals surface area (Å²) in [6.07, 6.45) is 3.72. The third-order valence-electron chi connectivity index (χ3n) is 1.72. The van der Waals surface area contributed by atoms with E-state index in [2.05, 4.69) is 5.10 Å². The molecule has 0 fully saturated rings. The summed E-state index contributed by atoms with van der Waals surface area (Å²) in [7, 11) is 1.98. The van der Waals surface area contributed by atoms with Crippen LogP contribution in [0.15, 0.2) is 12.4 Å². The van der Waals surface area contributed by atoms with Crippen LogP contribution in [0.1, 0.15) is 13.8 Å². The summed E-state index contributed by atoms with van der Waals surface area (Å²) < 4.78 is 1.78. The number of nitrogens with zero attached hydrogens (tertiary/aromatic N) is 2. The van der Waals surface area contributed by atoms with E-state index in [-0.39, 0.29) is 12.1 Å². The van der Waals surface area contributed by atoms with E-state index in [4.69, 9.17) is 5.11 Å². The second kappa shape index (κ2) is 2.70. The van der Waals surface area contributed by atoms with Crippen LogP contribution in [-0.4, -0.2) is 29.3 Å². The van der Waals surface area contributed by atoms with E-state index in [1.165, 1.54) is 0 Å². The summed E-state index contributed by atoms with van der Waals surface area (Å²) in [5, 5.41) is 13.1. The molecule has 0 saturated heterocycles. The van der Waals surface area contributed by atoms with Crippen LogP contribution < -0.4 is 5.46 Å². The van der Waals surface area contributed by atoms with Crippen LogP contribution in [0.3, 0.4) is 0 Å². The normalized spacial score (nSPS) is 11.9. The molecule has 0 spiro atoms. The Hall–Kier alpha value is -0.765. The molecule has 0 aliphatic rings. The molecule has 11 heavy (non-hydrogen) atoms. The van der Waals surface area contributed by atoms with Gasteiger partial charge in [-0.2, -0.15) is 5.10 Å². The van der Waals surface area contributed by atoms with Gasteiger partial charge >= 0.3 is 0 Å². The van der Waals surface area contributed by atoms with Gasteiger partial charge in [-0.25, -0.2) is 0 Å². The average molecular weight is 152 g/mol. The average Bonchev–Trinajstić information content (AvgIpc) is 2.36. The Morgan fingerprint density at radius 3 is 2.73 bits per heavy atom. The van der Waals surface area contributed by atoms with Crippen molar-refractivity contribution in [3.8, 4) is 0 Å². The van der Waals surface area contributed by atoms with Crippen molar-refractivity contribution in [3.05, 3.63) is 12.4 Å². The van der Waals surface area contributed by atoms with Gasteiger partial charge in [-0.1, -0.05) is 5.46 Å². The molecule has 0 aliphatic heterocycles. The third-order valence-corrected chi connectivity index (χ3v) is 1.72. The van der Waals surface area contributed by atoms with Gasteiger partial charge in [-0.3, -0.25) is 4.68 Å². The van der Waals surface area contributed by atoms with Crippen molar-refractivity contribution in [2.24, 2.45) is 0 Å². The molecule has 0 saturated carbocycles. The molecular formula is C7H13BN2O. The lowest BCUT2D eigenvalue weighted by Crippen LogP contribution is -2.31. The number of aromatic nitrogens is 2. The van der Waals surface area contributed by atoms with Gasteiger partial charge in [0.25, 0.3) is 0 Å². The summed E-state index contributed by atoms with van der Waals surface area (Å²) in [5.74, 6) is 0. The minimum atomic E-state index is -0.283. The maximum Gasteiger partial charge on any atom is 0.143 e. The fraction of sp³-hybridized carbons (Fsp3) is 0.571. The second-order valence-electron chi connectivity index (χ2n) is 3.43. The highest BCUT2D eigenvalue weighted by Crippen LogP contribution is 2.10. The quantitative estimate of drug-likeness (QED) is 0.544. The number of aliphatic hydroxyl groups excluding tert-OH is 1. The largest absolute Gasteiger partial charge is 0.394 e. The molecule has 60 valence electrons. The van der Waals surface area contributed by atoms with Gasteiger partial charge in [-0.05, 0) is 13.8 Å². The lowest BCUT2D eigenvalue weighted by molar-refractivity contribution is 0.152. The SMILES string of the molecule is Bc1cnn(C(C)(C)CO)c1. The number of aliphatic hydroxyl groups is 1. The molecule has 1 N–H and O–H groups in total. The van der Waals surface area contributed by atoms with Gasteiger partial charge in [0.15, 0.2) is 0 Å². The van der Waals surface area contributed by atoms with Crippen molar-refractivity contribution in [3.63, 3.8) is 0 Å². The van der Waals surface area contributed by atoms with Crippen LogP contribution in [-0.2, 0) is 5.54 Å². The first-order valence-corrected chi connectivity index (χ1v) is 3.69. The topological polar surface area (TPSA) is 38.0 Å². The highest BCUT2D eigenvalue weighted by Gasteiger charge is 2.18. The first-order valence-electron chi connectivity index (χ1n) is 3.69. The molecule has 0 bridgehead atoms. The molecule has 0 radical (unpaired) electrons. The van der Waals surface area contributed by atoms with Crippen LogP contribution in [0.2, 0.25) is 0 Å².